The summed E-state index contributed by atoms with van der Waals surface area (Å²) in [5, 5.41) is 0. The summed E-state index contributed by atoms with van der Waals surface area (Å²) >= 11 is 0. The molecular formula is C18H29NO. The Morgan fingerprint density at radius 3 is 2.15 bits per heavy atom. The summed E-state index contributed by atoms with van der Waals surface area (Å²) in [6, 6.07) is 4.40. The summed E-state index contributed by atoms with van der Waals surface area (Å²) in [7, 11) is 1.78. The summed E-state index contributed by atoms with van der Waals surface area (Å²) in [5.41, 5.74) is 4.76. The largest absolute Gasteiger partial charge is 0.496 e. The van der Waals surface area contributed by atoms with Crippen LogP contribution in [0.5, 0.6) is 5.75 Å². The smallest absolute Gasteiger partial charge is 0.122 e. The number of fused-ring (bicyclic) bond motifs is 1. The van der Waals surface area contributed by atoms with E-state index < -0.39 is 0 Å². The standard InChI is InChI=1S/C18H29NO/c1-17(2,3)15-8-9-16(20-7)13-10-11-19(12-14(13)15)18(4,5)6/h8-9H,10-12H2,1-7H3. The second-order valence-electron chi connectivity index (χ2n) is 7.86. The molecule has 0 N–H and O–H groups in total. The summed E-state index contributed by atoms with van der Waals surface area (Å²) in [6.45, 7) is 15.9. The SMILES string of the molecule is COc1ccc(C(C)(C)C)c2c1CCN(C(C)(C)C)C2. The molecule has 0 bridgehead atoms. The maximum atomic E-state index is 5.58. The fourth-order valence-electron chi connectivity index (χ4n) is 3.11. The number of nitrogens with zero attached hydrogens (tertiary/aromatic N) is 1. The maximum Gasteiger partial charge on any atom is 0.122 e. The summed E-state index contributed by atoms with van der Waals surface area (Å²) in [5.74, 6) is 1.06. The van der Waals surface area contributed by atoms with Crippen molar-refractivity contribution in [3.8, 4) is 5.75 Å². The van der Waals surface area contributed by atoms with E-state index in [1.165, 1.54) is 16.7 Å². The molecule has 1 heterocycles. The van der Waals surface area contributed by atoms with E-state index >= 15 is 0 Å². The monoisotopic (exact) mass is 275 g/mol. The Balaban J connectivity index is 2.52. The van der Waals surface area contributed by atoms with Crippen molar-refractivity contribution < 1.29 is 4.74 Å². The van der Waals surface area contributed by atoms with E-state index in [0.29, 0.717) is 0 Å². The first-order valence-electron chi connectivity index (χ1n) is 7.59. The van der Waals surface area contributed by atoms with Gasteiger partial charge in [-0.2, -0.15) is 0 Å². The Labute approximate surface area is 124 Å². The van der Waals surface area contributed by atoms with Gasteiger partial charge in [-0.3, -0.25) is 4.90 Å². The van der Waals surface area contributed by atoms with Crippen molar-refractivity contribution in [2.75, 3.05) is 13.7 Å². The van der Waals surface area contributed by atoms with Gasteiger partial charge in [-0.05, 0) is 49.8 Å². The molecule has 0 aliphatic carbocycles. The average Bonchev–Trinajstić information content (AvgIpc) is 2.34. The van der Waals surface area contributed by atoms with Gasteiger partial charge in [-0.15, -0.1) is 0 Å². The number of hydrogen-bond donors (Lipinski definition) is 0. The van der Waals surface area contributed by atoms with Crippen LogP contribution in [0.4, 0.5) is 0 Å². The lowest BCUT2D eigenvalue weighted by Crippen LogP contribution is -2.45. The van der Waals surface area contributed by atoms with Crippen LogP contribution in [-0.4, -0.2) is 24.1 Å². The third-order valence-corrected chi connectivity index (χ3v) is 4.35. The first kappa shape index (κ1) is 15.4. The number of hydrogen-bond acceptors (Lipinski definition) is 2. The minimum Gasteiger partial charge on any atom is -0.496 e. The average molecular weight is 275 g/mol. The van der Waals surface area contributed by atoms with Crippen LogP contribution in [0, 0.1) is 0 Å². The number of benzene rings is 1. The normalized spacial score (nSPS) is 16.9. The highest BCUT2D eigenvalue weighted by Gasteiger charge is 2.31. The summed E-state index contributed by atoms with van der Waals surface area (Å²) in [4.78, 5) is 2.57. The topological polar surface area (TPSA) is 12.5 Å². The summed E-state index contributed by atoms with van der Waals surface area (Å²) < 4.78 is 5.58. The minimum atomic E-state index is 0.178. The number of methoxy groups -OCH3 is 1. The Bertz CT molecular complexity index is 491. The molecule has 2 heteroatoms. The van der Waals surface area contributed by atoms with Crippen LogP contribution in [-0.2, 0) is 18.4 Å². The lowest BCUT2D eigenvalue weighted by Gasteiger charge is -2.41. The molecule has 0 unspecified atom stereocenters. The molecule has 0 amide bonds. The van der Waals surface area contributed by atoms with Crippen molar-refractivity contribution in [3.63, 3.8) is 0 Å². The molecule has 0 radical (unpaired) electrons. The van der Waals surface area contributed by atoms with Crippen molar-refractivity contribution in [3.05, 3.63) is 28.8 Å². The van der Waals surface area contributed by atoms with Gasteiger partial charge in [-0.1, -0.05) is 26.8 Å². The van der Waals surface area contributed by atoms with Gasteiger partial charge in [0.1, 0.15) is 5.75 Å². The van der Waals surface area contributed by atoms with Crippen molar-refractivity contribution in [2.24, 2.45) is 0 Å². The van der Waals surface area contributed by atoms with Gasteiger partial charge >= 0.3 is 0 Å². The van der Waals surface area contributed by atoms with Crippen LogP contribution in [0.2, 0.25) is 0 Å². The van der Waals surface area contributed by atoms with Crippen LogP contribution in [0.15, 0.2) is 12.1 Å². The van der Waals surface area contributed by atoms with Gasteiger partial charge in [0.05, 0.1) is 7.11 Å². The third kappa shape index (κ3) is 2.85. The zero-order chi connectivity index (χ0) is 15.1. The van der Waals surface area contributed by atoms with E-state index in [1.807, 2.05) is 0 Å². The van der Waals surface area contributed by atoms with E-state index in [2.05, 4.69) is 58.6 Å². The second-order valence-corrected chi connectivity index (χ2v) is 7.86. The van der Waals surface area contributed by atoms with Crippen LogP contribution in [0.25, 0.3) is 0 Å². The van der Waals surface area contributed by atoms with Crippen molar-refractivity contribution in [1.82, 2.24) is 4.90 Å². The van der Waals surface area contributed by atoms with Gasteiger partial charge in [0.25, 0.3) is 0 Å². The molecule has 112 valence electrons. The van der Waals surface area contributed by atoms with E-state index in [9.17, 15) is 0 Å². The van der Waals surface area contributed by atoms with E-state index in [4.69, 9.17) is 4.74 Å². The summed E-state index contributed by atoms with van der Waals surface area (Å²) in [6.07, 6.45) is 1.08. The molecule has 0 saturated carbocycles. The maximum absolute atomic E-state index is 5.58. The van der Waals surface area contributed by atoms with Gasteiger partial charge in [0.15, 0.2) is 0 Å². The highest BCUT2D eigenvalue weighted by atomic mass is 16.5. The molecule has 20 heavy (non-hydrogen) atoms. The molecule has 1 aliphatic rings. The first-order chi connectivity index (χ1) is 9.14. The Morgan fingerprint density at radius 2 is 1.65 bits per heavy atom. The van der Waals surface area contributed by atoms with Gasteiger partial charge < -0.3 is 4.74 Å². The van der Waals surface area contributed by atoms with Crippen molar-refractivity contribution in [1.29, 1.82) is 0 Å². The minimum absolute atomic E-state index is 0.178. The highest BCUT2D eigenvalue weighted by Crippen LogP contribution is 2.37. The third-order valence-electron chi connectivity index (χ3n) is 4.35. The molecular weight excluding hydrogens is 246 g/mol. The van der Waals surface area contributed by atoms with Crippen molar-refractivity contribution in [2.45, 2.75) is 65.5 Å². The molecule has 0 atom stereocenters. The number of ether oxygens (including phenoxy) is 1. The zero-order valence-corrected chi connectivity index (χ0v) is 14.1. The Hall–Kier alpha value is -1.02. The molecule has 1 aliphatic heterocycles. The fraction of sp³-hybridized carbons (Fsp3) is 0.667. The Kier molecular flexibility index (Phi) is 3.90. The van der Waals surface area contributed by atoms with Gasteiger partial charge in [0.2, 0.25) is 0 Å². The van der Waals surface area contributed by atoms with Gasteiger partial charge in [0, 0.05) is 24.2 Å². The highest BCUT2D eigenvalue weighted by molar-refractivity contribution is 5.49. The van der Waals surface area contributed by atoms with E-state index in [-0.39, 0.29) is 11.0 Å². The van der Waals surface area contributed by atoms with E-state index in [0.717, 1.165) is 25.3 Å². The first-order valence-corrected chi connectivity index (χ1v) is 7.59. The lowest BCUT2D eigenvalue weighted by molar-refractivity contribution is 0.119. The van der Waals surface area contributed by atoms with Crippen LogP contribution >= 0.6 is 0 Å². The predicted molar refractivity (Wildman–Crippen MR) is 85.6 cm³/mol. The molecule has 0 saturated heterocycles. The predicted octanol–water partition coefficient (Wildman–Crippen LogP) is 4.15. The molecule has 0 aromatic heterocycles. The molecule has 2 nitrogen and oxygen atoms in total. The van der Waals surface area contributed by atoms with Crippen molar-refractivity contribution >= 4 is 0 Å². The van der Waals surface area contributed by atoms with E-state index in [1.54, 1.807) is 7.11 Å². The van der Waals surface area contributed by atoms with Crippen LogP contribution in [0.3, 0.4) is 0 Å². The van der Waals surface area contributed by atoms with Crippen LogP contribution < -0.4 is 4.74 Å². The van der Waals surface area contributed by atoms with Gasteiger partial charge in [-0.25, -0.2) is 0 Å². The number of rotatable bonds is 1. The fourth-order valence-corrected chi connectivity index (χ4v) is 3.11. The zero-order valence-electron chi connectivity index (χ0n) is 14.1. The molecule has 1 aromatic rings. The van der Waals surface area contributed by atoms with Crippen LogP contribution in [0.1, 0.15) is 58.2 Å². The molecule has 0 fully saturated rings. The molecule has 0 spiro atoms. The Morgan fingerprint density at radius 1 is 1.00 bits per heavy atom. The quantitative estimate of drug-likeness (QED) is 0.763. The lowest BCUT2D eigenvalue weighted by atomic mass is 9.79. The molecule has 2 rings (SSSR count). The second kappa shape index (κ2) is 5.07. The molecule has 1 aromatic carbocycles.